The van der Waals surface area contributed by atoms with Crippen molar-refractivity contribution in [1.29, 1.82) is 0 Å². The molecule has 0 atom stereocenters. The zero-order valence-corrected chi connectivity index (χ0v) is 16.6. The predicted octanol–water partition coefficient (Wildman–Crippen LogP) is 3.37. The van der Waals surface area contributed by atoms with Crippen molar-refractivity contribution in [1.82, 2.24) is 4.90 Å². The van der Waals surface area contributed by atoms with Crippen molar-refractivity contribution in [3.63, 3.8) is 0 Å². The van der Waals surface area contributed by atoms with E-state index in [1.54, 1.807) is 6.92 Å². The van der Waals surface area contributed by atoms with Gasteiger partial charge in [0.05, 0.1) is 6.61 Å². The number of ether oxygens (including phenoxy) is 1. The van der Waals surface area contributed by atoms with E-state index in [1.165, 1.54) is 11.3 Å². The Kier molecular flexibility index (Phi) is 7.06. The molecule has 0 unspecified atom stereocenters. The number of hydrogen-bond acceptors (Lipinski definition) is 4. The third kappa shape index (κ3) is 5.48. The fourth-order valence-electron chi connectivity index (χ4n) is 3.36. The number of hydrogen-bond donors (Lipinski definition) is 0. The first-order chi connectivity index (χ1) is 12.3. The van der Waals surface area contributed by atoms with Crippen molar-refractivity contribution in [2.75, 3.05) is 37.7 Å². The van der Waals surface area contributed by atoms with Gasteiger partial charge in [-0.15, -0.1) is 0 Å². The molecule has 26 heavy (non-hydrogen) atoms. The van der Waals surface area contributed by atoms with Crippen molar-refractivity contribution >= 4 is 17.6 Å². The Balaban J connectivity index is 1.86. The molecule has 0 radical (unpaired) electrons. The predicted molar refractivity (Wildman–Crippen MR) is 104 cm³/mol. The molecule has 0 bridgehead atoms. The Labute approximate surface area is 157 Å². The molecular weight excluding hydrogens is 328 g/mol. The Hall–Kier alpha value is -2.04. The molecule has 1 heterocycles. The maximum absolute atomic E-state index is 12.4. The van der Waals surface area contributed by atoms with Crippen molar-refractivity contribution in [2.45, 2.75) is 52.4 Å². The number of rotatable bonds is 6. The smallest absolute Gasteiger partial charge is 0.305 e. The summed E-state index contributed by atoms with van der Waals surface area (Å²) in [6, 6.07) is 8.55. The van der Waals surface area contributed by atoms with Gasteiger partial charge in [0.1, 0.15) is 0 Å². The maximum atomic E-state index is 12.4. The molecule has 0 aliphatic carbocycles. The van der Waals surface area contributed by atoms with Crippen molar-refractivity contribution in [2.24, 2.45) is 0 Å². The van der Waals surface area contributed by atoms with Crippen LogP contribution in [0.3, 0.4) is 0 Å². The monoisotopic (exact) mass is 360 g/mol. The van der Waals surface area contributed by atoms with Crippen LogP contribution in [0.5, 0.6) is 0 Å². The average Bonchev–Trinajstić information content (AvgIpc) is 2.61. The highest BCUT2D eigenvalue weighted by Crippen LogP contribution is 2.32. The van der Waals surface area contributed by atoms with E-state index >= 15 is 0 Å². The van der Waals surface area contributed by atoms with Gasteiger partial charge in [-0.3, -0.25) is 9.59 Å². The number of anilines is 1. The van der Waals surface area contributed by atoms with Gasteiger partial charge in [0.25, 0.3) is 0 Å². The molecule has 1 fully saturated rings. The van der Waals surface area contributed by atoms with Crippen LogP contribution in [0.15, 0.2) is 24.3 Å². The molecular formula is C21H32N2O3. The summed E-state index contributed by atoms with van der Waals surface area (Å²) in [5, 5.41) is 0. The minimum Gasteiger partial charge on any atom is -0.466 e. The highest BCUT2D eigenvalue weighted by Gasteiger charge is 2.25. The van der Waals surface area contributed by atoms with E-state index in [0.717, 1.165) is 26.2 Å². The summed E-state index contributed by atoms with van der Waals surface area (Å²) in [5.74, 6) is -0.0815. The Morgan fingerprint density at radius 3 is 2.31 bits per heavy atom. The lowest BCUT2D eigenvalue weighted by molar-refractivity contribution is -0.143. The molecule has 1 aliphatic heterocycles. The lowest BCUT2D eigenvalue weighted by Gasteiger charge is -2.38. The number of carbonyl (C=O) groups is 2. The molecule has 0 N–H and O–H groups in total. The van der Waals surface area contributed by atoms with Gasteiger partial charge < -0.3 is 14.5 Å². The van der Waals surface area contributed by atoms with Crippen LogP contribution in [0.4, 0.5) is 5.69 Å². The highest BCUT2D eigenvalue weighted by molar-refractivity contribution is 5.77. The number of amides is 1. The molecule has 1 aromatic rings. The second kappa shape index (κ2) is 9.06. The van der Waals surface area contributed by atoms with Gasteiger partial charge in [0, 0.05) is 44.7 Å². The topological polar surface area (TPSA) is 49.9 Å². The Morgan fingerprint density at radius 1 is 1.04 bits per heavy atom. The number of esters is 1. The molecule has 1 amide bonds. The van der Waals surface area contributed by atoms with Crippen molar-refractivity contribution in [3.05, 3.63) is 29.8 Å². The molecule has 5 nitrogen and oxygen atoms in total. The van der Waals surface area contributed by atoms with E-state index in [-0.39, 0.29) is 17.3 Å². The van der Waals surface area contributed by atoms with Gasteiger partial charge in [-0.05, 0) is 30.4 Å². The third-order valence-electron chi connectivity index (χ3n) is 4.76. The van der Waals surface area contributed by atoms with Crippen LogP contribution in [-0.4, -0.2) is 49.6 Å². The minimum absolute atomic E-state index is 0.0939. The van der Waals surface area contributed by atoms with Gasteiger partial charge in [0.2, 0.25) is 5.91 Å². The Morgan fingerprint density at radius 2 is 1.69 bits per heavy atom. The first kappa shape index (κ1) is 20.3. The molecule has 0 saturated carbocycles. The summed E-state index contributed by atoms with van der Waals surface area (Å²) >= 11 is 0. The number of para-hydroxylation sites is 1. The number of nitrogens with zero attached hydrogens (tertiary/aromatic N) is 2. The van der Waals surface area contributed by atoms with E-state index in [2.05, 4.69) is 49.9 Å². The van der Waals surface area contributed by atoms with Crippen LogP contribution in [0.1, 0.15) is 52.5 Å². The number of benzene rings is 1. The van der Waals surface area contributed by atoms with E-state index in [4.69, 9.17) is 4.74 Å². The number of piperazine rings is 1. The molecule has 0 aromatic heterocycles. The zero-order valence-electron chi connectivity index (χ0n) is 16.6. The van der Waals surface area contributed by atoms with Gasteiger partial charge >= 0.3 is 5.97 Å². The van der Waals surface area contributed by atoms with Gasteiger partial charge in [0.15, 0.2) is 0 Å². The van der Waals surface area contributed by atoms with E-state index in [9.17, 15) is 9.59 Å². The van der Waals surface area contributed by atoms with Crippen molar-refractivity contribution in [3.8, 4) is 0 Å². The molecule has 1 aromatic carbocycles. The molecule has 144 valence electrons. The number of carbonyl (C=O) groups excluding carboxylic acids is 2. The molecule has 1 aliphatic rings. The third-order valence-corrected chi connectivity index (χ3v) is 4.76. The summed E-state index contributed by atoms with van der Waals surface area (Å²) in [6.45, 7) is 12.0. The van der Waals surface area contributed by atoms with Crippen LogP contribution >= 0.6 is 0 Å². The maximum Gasteiger partial charge on any atom is 0.305 e. The quantitative estimate of drug-likeness (QED) is 0.730. The summed E-state index contributed by atoms with van der Waals surface area (Å²) in [5.41, 5.74) is 2.71. The van der Waals surface area contributed by atoms with Crippen LogP contribution in [-0.2, 0) is 19.7 Å². The summed E-state index contributed by atoms with van der Waals surface area (Å²) in [7, 11) is 0. The first-order valence-corrected chi connectivity index (χ1v) is 9.60. The van der Waals surface area contributed by atoms with Crippen LogP contribution in [0.25, 0.3) is 0 Å². The summed E-state index contributed by atoms with van der Waals surface area (Å²) in [6.07, 6.45) is 1.29. The second-order valence-corrected chi connectivity index (χ2v) is 7.79. The van der Waals surface area contributed by atoms with Crippen LogP contribution in [0.2, 0.25) is 0 Å². The minimum atomic E-state index is -0.219. The molecule has 2 rings (SSSR count). The normalized spacial score (nSPS) is 15.1. The van der Waals surface area contributed by atoms with Gasteiger partial charge in [-0.1, -0.05) is 39.0 Å². The molecule has 0 spiro atoms. The molecule has 5 heteroatoms. The van der Waals surface area contributed by atoms with Gasteiger partial charge in [-0.2, -0.15) is 0 Å². The molecule has 1 saturated heterocycles. The Bertz CT molecular complexity index is 614. The lowest BCUT2D eigenvalue weighted by Crippen LogP contribution is -2.49. The zero-order chi connectivity index (χ0) is 19.2. The SMILES string of the molecule is CCOC(=O)CCCC(=O)N1CCN(c2ccccc2C(C)(C)C)CC1. The van der Waals surface area contributed by atoms with E-state index in [1.807, 2.05) is 4.90 Å². The van der Waals surface area contributed by atoms with Crippen LogP contribution < -0.4 is 4.90 Å². The first-order valence-electron chi connectivity index (χ1n) is 9.60. The second-order valence-electron chi connectivity index (χ2n) is 7.79. The average molecular weight is 360 g/mol. The highest BCUT2D eigenvalue weighted by atomic mass is 16.5. The van der Waals surface area contributed by atoms with Crippen LogP contribution in [0, 0.1) is 0 Å². The lowest BCUT2D eigenvalue weighted by atomic mass is 9.85. The summed E-state index contributed by atoms with van der Waals surface area (Å²) in [4.78, 5) is 28.0. The fourth-order valence-corrected chi connectivity index (χ4v) is 3.36. The largest absolute Gasteiger partial charge is 0.466 e. The fraction of sp³-hybridized carbons (Fsp3) is 0.619. The standard InChI is InChI=1S/C21H32N2O3/c1-5-26-20(25)12-8-11-19(24)23-15-13-22(14-16-23)18-10-7-6-9-17(18)21(2,3)4/h6-7,9-10H,5,8,11-16H2,1-4H3. The van der Waals surface area contributed by atoms with Crippen molar-refractivity contribution < 1.29 is 14.3 Å². The van der Waals surface area contributed by atoms with E-state index < -0.39 is 0 Å². The van der Waals surface area contributed by atoms with E-state index in [0.29, 0.717) is 25.9 Å². The summed E-state index contributed by atoms with van der Waals surface area (Å²) < 4.78 is 4.90. The van der Waals surface area contributed by atoms with Gasteiger partial charge in [-0.25, -0.2) is 0 Å².